The molecule has 146 valence electrons. The minimum atomic E-state index is -4.94. The largest absolute Gasteiger partial charge is 0.366 e. The van der Waals surface area contributed by atoms with Crippen molar-refractivity contribution in [2.24, 2.45) is 0 Å². The topological polar surface area (TPSA) is 166 Å². The van der Waals surface area contributed by atoms with Gasteiger partial charge in [0.1, 0.15) is 6.20 Å². The molecule has 2 heterocycles. The molecule has 0 fully saturated rings. The fourth-order valence-electron chi connectivity index (χ4n) is 2.98. The molecule has 0 radical (unpaired) electrons. The average molecular weight is 408 g/mol. The molecule has 0 N–H and O–H groups in total. The van der Waals surface area contributed by atoms with Crippen LogP contribution in [0.2, 0.25) is 0 Å². The third kappa shape index (κ3) is 4.68. The van der Waals surface area contributed by atoms with Gasteiger partial charge in [0.15, 0.2) is 11.5 Å². The number of nitro groups is 1. The Morgan fingerprint density at radius 2 is 1.82 bits per heavy atom. The van der Waals surface area contributed by atoms with E-state index in [1.807, 2.05) is 19.2 Å². The summed E-state index contributed by atoms with van der Waals surface area (Å²) in [4.78, 5) is 14.8. The molecular weight excluding hydrogens is 394 g/mol. The number of non-ortho nitro benzene ring substituents is 1. The van der Waals surface area contributed by atoms with Crippen LogP contribution in [0.3, 0.4) is 0 Å². The minimum absolute atomic E-state index is 0.0987. The lowest BCUT2D eigenvalue weighted by molar-refractivity contribution is -2.00. The van der Waals surface area contributed by atoms with Crippen molar-refractivity contribution in [3.05, 3.63) is 69.2 Å². The number of hydrogen-bond acceptors (Lipinski definition) is 8. The minimum Gasteiger partial charge on any atom is -0.300 e. The molecule has 2 aromatic heterocycles. The molecule has 4 rings (SSSR count). The molecule has 0 atom stereocenters. The molecule has 1 aromatic carbocycles. The van der Waals surface area contributed by atoms with Gasteiger partial charge >= 0.3 is 5.65 Å². The van der Waals surface area contributed by atoms with Gasteiger partial charge in [-0.05, 0) is 53.1 Å². The van der Waals surface area contributed by atoms with Gasteiger partial charge in [0.05, 0.1) is 11.0 Å². The molecule has 28 heavy (non-hydrogen) atoms. The maximum atomic E-state index is 10.7. The molecule has 0 saturated heterocycles. The Bertz CT molecular complexity index is 1050. The predicted molar refractivity (Wildman–Crippen MR) is 83.7 cm³/mol. The third-order valence-electron chi connectivity index (χ3n) is 4.05. The van der Waals surface area contributed by atoms with Crippen LogP contribution in [0.25, 0.3) is 17.3 Å². The van der Waals surface area contributed by atoms with E-state index in [4.69, 9.17) is 23.2 Å². The lowest BCUT2D eigenvalue weighted by Gasteiger charge is -2.17. The number of rotatable bonds is 2. The molecule has 1 aliphatic rings. The van der Waals surface area contributed by atoms with Gasteiger partial charge in [0.25, 0.3) is 5.69 Å². The van der Waals surface area contributed by atoms with E-state index in [1.54, 1.807) is 16.7 Å². The van der Waals surface area contributed by atoms with Crippen molar-refractivity contribution >= 4 is 23.0 Å². The quantitative estimate of drug-likeness (QED) is 0.277. The average Bonchev–Trinajstić information content (AvgIpc) is 3.16. The van der Waals surface area contributed by atoms with E-state index in [0.717, 1.165) is 46.6 Å². The van der Waals surface area contributed by atoms with E-state index in [-0.39, 0.29) is 5.69 Å². The van der Waals surface area contributed by atoms with Gasteiger partial charge in [0.2, 0.25) is 0 Å². The fraction of sp³-hybridized carbons (Fsp3) is 0.176. The van der Waals surface area contributed by atoms with Gasteiger partial charge in [-0.15, -0.1) is 10.2 Å². The van der Waals surface area contributed by atoms with E-state index >= 15 is 0 Å². The molecule has 0 bridgehead atoms. The first-order valence-corrected chi connectivity index (χ1v) is 9.23. The summed E-state index contributed by atoms with van der Waals surface area (Å²) in [6.07, 6.45) is 5.78. The van der Waals surface area contributed by atoms with Gasteiger partial charge in [-0.3, -0.25) is 10.1 Å². The zero-order chi connectivity index (χ0) is 20.5. The monoisotopic (exact) mass is 407 g/mol. The summed E-state index contributed by atoms with van der Waals surface area (Å²) in [6, 6.07) is 8.48. The van der Waals surface area contributed by atoms with Gasteiger partial charge in [-0.2, -0.15) is 0 Å². The van der Waals surface area contributed by atoms with Crippen molar-refractivity contribution in [1.82, 2.24) is 4.98 Å². The van der Waals surface area contributed by atoms with Crippen LogP contribution in [0.15, 0.2) is 41.1 Å². The van der Waals surface area contributed by atoms with Crippen LogP contribution in [-0.4, -0.2) is 9.91 Å². The van der Waals surface area contributed by atoms with Crippen LogP contribution >= 0.6 is 0 Å². The Morgan fingerprint density at radius 1 is 1.18 bits per heavy atom. The number of allylic oxidation sites excluding steroid dienone is 1. The summed E-state index contributed by atoms with van der Waals surface area (Å²) in [5.74, 6) is 0.812. The summed E-state index contributed by atoms with van der Waals surface area (Å²) in [5.41, 5.74) is 5.18. The second-order valence-electron chi connectivity index (χ2n) is 6.03. The number of fused-ring (bicyclic) bond motifs is 3. The highest BCUT2D eigenvalue weighted by molar-refractivity contribution is 5.82. The summed E-state index contributed by atoms with van der Waals surface area (Å²) in [5, 5.41) is 10.7. The van der Waals surface area contributed by atoms with E-state index in [1.165, 1.54) is 12.1 Å². The first-order valence-electron chi connectivity index (χ1n) is 7.99. The second kappa shape index (κ2) is 7.62. The Kier molecular flexibility index (Phi) is 5.40. The van der Waals surface area contributed by atoms with Crippen LogP contribution in [0.5, 0.6) is 0 Å². The molecular formula is C17H14ClN3O7. The number of nitro benzene ring substituents is 1. The number of aromatic nitrogens is 2. The van der Waals surface area contributed by atoms with Gasteiger partial charge < -0.3 is 4.52 Å². The first kappa shape index (κ1) is 19.9. The van der Waals surface area contributed by atoms with Gasteiger partial charge in [0, 0.05) is 23.3 Å². The highest BCUT2D eigenvalue weighted by Gasteiger charge is 2.28. The van der Waals surface area contributed by atoms with Crippen LogP contribution < -0.4 is 23.2 Å². The molecule has 0 spiro atoms. The number of aryl methyl sites for hydroxylation is 2. The summed E-state index contributed by atoms with van der Waals surface area (Å²) < 4.78 is 41.5. The molecule has 10 nitrogen and oxygen atoms in total. The first-order chi connectivity index (χ1) is 13.1. The van der Waals surface area contributed by atoms with Crippen molar-refractivity contribution in [3.8, 4) is 0 Å². The summed E-state index contributed by atoms with van der Waals surface area (Å²) in [7, 11) is -4.94. The second-order valence-corrected chi connectivity index (χ2v) is 6.78. The van der Waals surface area contributed by atoms with Crippen molar-refractivity contribution in [2.75, 3.05) is 0 Å². The Hall–Kier alpha value is -2.89. The number of benzene rings is 1. The molecule has 0 aliphatic heterocycles. The van der Waals surface area contributed by atoms with Crippen molar-refractivity contribution in [3.63, 3.8) is 0 Å². The lowest BCUT2D eigenvalue weighted by atomic mass is 10.1. The summed E-state index contributed by atoms with van der Waals surface area (Å²) in [6.45, 7) is 1.90. The number of halogens is 1. The van der Waals surface area contributed by atoms with E-state index in [0.29, 0.717) is 0 Å². The highest BCUT2D eigenvalue weighted by Crippen LogP contribution is 2.31. The van der Waals surface area contributed by atoms with E-state index in [9.17, 15) is 10.1 Å². The molecule has 0 unspecified atom stereocenters. The predicted octanol–water partition coefficient (Wildman–Crippen LogP) is -1.64. The molecule has 1 aliphatic carbocycles. The van der Waals surface area contributed by atoms with Gasteiger partial charge in [-0.25, -0.2) is 18.6 Å². The zero-order valence-corrected chi connectivity index (χ0v) is 15.3. The number of nitrogens with zero attached hydrogens (tertiary/aromatic N) is 3. The van der Waals surface area contributed by atoms with Crippen molar-refractivity contribution in [2.45, 2.75) is 19.8 Å². The van der Waals surface area contributed by atoms with Gasteiger partial charge in [-0.1, -0.05) is 0 Å². The normalized spacial score (nSPS) is 14.7. The van der Waals surface area contributed by atoms with Crippen LogP contribution in [0.4, 0.5) is 5.69 Å². The molecule has 3 aromatic rings. The molecule has 0 saturated carbocycles. The standard InChI is InChI=1S/C17H14N3O3.ClHO4/c1-11-8-16-18-10-14-5-4-13(17(14)19(16)23-11)9-12-2-6-15(7-3-12)20(21)22;2-1(3,4)5/h2-3,6-10H,4-5H2,1H3;(H,2,3,4,5)/q+1;/p-1/b13-9-;. The lowest BCUT2D eigenvalue weighted by Crippen LogP contribution is -2.68. The van der Waals surface area contributed by atoms with Crippen LogP contribution in [0.1, 0.15) is 29.0 Å². The third-order valence-corrected chi connectivity index (χ3v) is 4.05. The highest BCUT2D eigenvalue weighted by atomic mass is 35.7. The van der Waals surface area contributed by atoms with Crippen LogP contribution in [0, 0.1) is 27.3 Å². The Balaban J connectivity index is 0.000000403. The summed E-state index contributed by atoms with van der Waals surface area (Å²) >= 11 is 0. The van der Waals surface area contributed by atoms with Crippen LogP contribution in [-0.2, 0) is 6.42 Å². The molecule has 11 heteroatoms. The Labute approximate surface area is 160 Å². The Morgan fingerprint density at radius 3 is 2.43 bits per heavy atom. The fourth-order valence-corrected chi connectivity index (χ4v) is 2.98. The number of hydrogen-bond donors (Lipinski definition) is 0. The van der Waals surface area contributed by atoms with Crippen molar-refractivity contribution in [1.29, 1.82) is 0 Å². The van der Waals surface area contributed by atoms with E-state index < -0.39 is 15.2 Å². The maximum absolute atomic E-state index is 10.7. The molecule has 0 amide bonds. The maximum Gasteiger partial charge on any atom is 0.366 e. The zero-order valence-electron chi connectivity index (χ0n) is 14.5. The smallest absolute Gasteiger partial charge is 0.300 e. The van der Waals surface area contributed by atoms with Crippen molar-refractivity contribution < 1.29 is 42.9 Å². The SMILES string of the molecule is Cc1cc2ncc3c([n+]2o1)/C(=C\c1ccc([N+](=O)[O-])cc1)CC3.[O-][Cl+3]([O-])([O-])[O-]. The van der Waals surface area contributed by atoms with E-state index in [2.05, 4.69) is 11.1 Å².